The normalized spacial score (nSPS) is 14.7. The van der Waals surface area contributed by atoms with Crippen LogP contribution in [0.4, 0.5) is 0 Å². The second kappa shape index (κ2) is 8.88. The van der Waals surface area contributed by atoms with Gasteiger partial charge in [0.2, 0.25) is 0 Å². The smallest absolute Gasteiger partial charge is 0.147 e. The molecule has 2 atom stereocenters. The van der Waals surface area contributed by atoms with Gasteiger partial charge in [-0.2, -0.15) is 0 Å². The third-order valence-electron chi connectivity index (χ3n) is 3.60. The number of methoxy groups -OCH3 is 1. The molecule has 0 saturated heterocycles. The Kier molecular flexibility index (Phi) is 7.05. The molecule has 0 aliphatic rings. The number of nitrogens with zero attached hydrogens (tertiary/aromatic N) is 3. The van der Waals surface area contributed by atoms with E-state index in [1.807, 2.05) is 0 Å². The van der Waals surface area contributed by atoms with Crippen molar-refractivity contribution < 1.29 is 19.5 Å². The van der Waals surface area contributed by atoms with Crippen LogP contribution in [0.15, 0.2) is 35.0 Å². The van der Waals surface area contributed by atoms with Crippen molar-refractivity contribution in [2.45, 2.75) is 38.0 Å². The van der Waals surface area contributed by atoms with Crippen molar-refractivity contribution in [3.63, 3.8) is 0 Å². The van der Waals surface area contributed by atoms with Gasteiger partial charge in [-0.15, -0.1) is 0 Å². The minimum atomic E-state index is -1.58. The van der Waals surface area contributed by atoms with Crippen LogP contribution in [0.5, 0.6) is 11.5 Å². The highest BCUT2D eigenvalue weighted by Gasteiger charge is 2.29. The molecule has 27 heavy (non-hydrogen) atoms. The molecule has 0 aliphatic carbocycles. The summed E-state index contributed by atoms with van der Waals surface area (Å²) in [6.45, 7) is 5.37. The fourth-order valence-corrected chi connectivity index (χ4v) is 2.84. The van der Waals surface area contributed by atoms with Gasteiger partial charge in [0, 0.05) is 18.1 Å². The lowest BCUT2D eigenvalue weighted by molar-refractivity contribution is 0.181. The van der Waals surface area contributed by atoms with Crippen molar-refractivity contribution in [3.05, 3.63) is 47.0 Å². The molecule has 0 spiro atoms. The van der Waals surface area contributed by atoms with Gasteiger partial charge in [0.1, 0.15) is 44.6 Å². The fraction of sp³-hybridized carbons (Fsp3) is 0.389. The fourth-order valence-electron chi connectivity index (χ4n) is 2.10. The van der Waals surface area contributed by atoms with Crippen LogP contribution >= 0.6 is 11.6 Å². The van der Waals surface area contributed by atoms with Crippen molar-refractivity contribution in [1.82, 2.24) is 9.97 Å². The lowest BCUT2D eigenvalue weighted by atomic mass is 10.0. The van der Waals surface area contributed by atoms with Gasteiger partial charge < -0.3 is 19.5 Å². The molecule has 2 rings (SSSR count). The Morgan fingerprint density at radius 1 is 1.33 bits per heavy atom. The van der Waals surface area contributed by atoms with Crippen LogP contribution in [0.25, 0.3) is 0 Å². The maximum absolute atomic E-state index is 12.5. The number of phenols is 1. The number of benzene rings is 1. The van der Waals surface area contributed by atoms with Gasteiger partial charge in [0.05, 0.1) is 25.2 Å². The summed E-state index contributed by atoms with van der Waals surface area (Å²) >= 11 is 4.14. The van der Waals surface area contributed by atoms with E-state index in [-0.39, 0.29) is 23.0 Å². The molecule has 1 aromatic heterocycles. The van der Waals surface area contributed by atoms with Crippen molar-refractivity contribution in [2.24, 2.45) is 4.40 Å². The Balaban J connectivity index is 2.41. The summed E-state index contributed by atoms with van der Waals surface area (Å²) < 4.78 is 21.3. The van der Waals surface area contributed by atoms with Crippen LogP contribution in [-0.4, -0.2) is 42.3 Å². The number of rotatable bonds is 6. The first kappa shape index (κ1) is 21.4. The highest BCUT2D eigenvalue weighted by atomic mass is 35.5. The molecule has 0 amide bonds. The lowest BCUT2D eigenvalue weighted by Gasteiger charge is -2.20. The van der Waals surface area contributed by atoms with Crippen molar-refractivity contribution in [2.75, 3.05) is 7.11 Å². The number of hydrogen-bond donors (Lipinski definition) is 2. The topological polar surface area (TPSA) is 111 Å². The first-order chi connectivity index (χ1) is 12.6. The molecule has 1 unspecified atom stereocenters. The quantitative estimate of drug-likeness (QED) is 0.557. The van der Waals surface area contributed by atoms with Crippen molar-refractivity contribution >= 4 is 28.7 Å². The predicted octanol–water partition coefficient (Wildman–Crippen LogP) is 3.22. The van der Waals surface area contributed by atoms with Crippen molar-refractivity contribution in [3.8, 4) is 11.5 Å². The van der Waals surface area contributed by atoms with E-state index in [0.29, 0.717) is 17.0 Å². The first-order valence-corrected chi connectivity index (χ1v) is 9.62. The molecule has 1 aromatic carbocycles. The van der Waals surface area contributed by atoms with Crippen molar-refractivity contribution in [1.29, 1.82) is 0 Å². The molecular formula is C18H22ClN3O4S. The molecule has 0 radical (unpaired) electrons. The summed E-state index contributed by atoms with van der Waals surface area (Å²) in [5, 5.41) is 21.1. The van der Waals surface area contributed by atoms with E-state index in [1.165, 1.54) is 25.6 Å². The molecule has 0 saturated carbocycles. The maximum Gasteiger partial charge on any atom is 0.147 e. The first-order valence-electron chi connectivity index (χ1n) is 8.14. The standard InChI is InChI=1S/C18H22ClN3O4S/c1-18(2,3)27(25)22-13(12-6-5-11(26-4)7-15(12)23)8-16(24)14-9-21-17(19)10-20-14/h5-7,9-10,16,23-24H,8H2,1-4H3/t16-,27?/m0/s1. The zero-order valence-corrected chi connectivity index (χ0v) is 17.1. The van der Waals surface area contributed by atoms with E-state index in [2.05, 4.69) is 14.4 Å². The van der Waals surface area contributed by atoms with Crippen LogP contribution in [0.1, 0.15) is 44.6 Å². The number of aromatic nitrogens is 2. The Bertz CT molecular complexity index is 809. The molecular weight excluding hydrogens is 390 g/mol. The van der Waals surface area contributed by atoms with Crippen LogP contribution < -0.4 is 4.74 Å². The van der Waals surface area contributed by atoms with Crippen LogP contribution in [0.2, 0.25) is 5.15 Å². The number of aromatic hydroxyl groups is 1. The molecule has 2 aromatic rings. The van der Waals surface area contributed by atoms with E-state index < -0.39 is 22.2 Å². The molecule has 0 aliphatic heterocycles. The SMILES string of the molecule is COc1ccc(C(C[C@H](O)c2cnc(Cl)cn2)=N[S+]([O-])C(C)(C)C)c(O)c1. The minimum absolute atomic E-state index is 0.0159. The van der Waals surface area contributed by atoms with E-state index in [4.69, 9.17) is 16.3 Å². The van der Waals surface area contributed by atoms with E-state index in [9.17, 15) is 14.8 Å². The van der Waals surface area contributed by atoms with Gasteiger partial charge >= 0.3 is 0 Å². The van der Waals surface area contributed by atoms with Gasteiger partial charge in [-0.3, -0.25) is 4.98 Å². The van der Waals surface area contributed by atoms with Gasteiger partial charge in [-0.05, 0) is 32.9 Å². The zero-order valence-electron chi connectivity index (χ0n) is 15.5. The Hall–Kier alpha value is -1.87. The average Bonchev–Trinajstić information content (AvgIpc) is 2.60. The number of aliphatic hydroxyl groups excluding tert-OH is 1. The minimum Gasteiger partial charge on any atom is -0.591 e. The summed E-state index contributed by atoms with van der Waals surface area (Å²) in [5.41, 5.74) is 0.934. The molecule has 0 bridgehead atoms. The number of hydrogen-bond acceptors (Lipinski definition) is 7. The van der Waals surface area contributed by atoms with Gasteiger partial charge in [0.15, 0.2) is 0 Å². The summed E-state index contributed by atoms with van der Waals surface area (Å²) in [5.74, 6) is 0.380. The summed E-state index contributed by atoms with van der Waals surface area (Å²) in [7, 11) is 1.49. The largest absolute Gasteiger partial charge is 0.591 e. The van der Waals surface area contributed by atoms with Gasteiger partial charge in [0.25, 0.3) is 0 Å². The molecule has 1 heterocycles. The van der Waals surface area contributed by atoms with Crippen LogP contribution in [-0.2, 0) is 11.4 Å². The zero-order chi connectivity index (χ0) is 20.2. The average molecular weight is 412 g/mol. The number of ether oxygens (including phenoxy) is 1. The van der Waals surface area contributed by atoms with Crippen LogP contribution in [0.3, 0.4) is 0 Å². The lowest BCUT2D eigenvalue weighted by Crippen LogP contribution is -2.27. The summed E-state index contributed by atoms with van der Waals surface area (Å²) in [6.07, 6.45) is 1.61. The molecule has 0 fully saturated rings. The highest BCUT2D eigenvalue weighted by Crippen LogP contribution is 2.29. The number of phenolic OH excluding ortho intramolecular Hbond substituents is 1. The molecule has 7 nitrogen and oxygen atoms in total. The van der Waals surface area contributed by atoms with E-state index in [0.717, 1.165) is 0 Å². The Labute approximate surface area is 166 Å². The van der Waals surface area contributed by atoms with Crippen LogP contribution in [0, 0.1) is 0 Å². The highest BCUT2D eigenvalue weighted by molar-refractivity contribution is 7.91. The predicted molar refractivity (Wildman–Crippen MR) is 106 cm³/mol. The summed E-state index contributed by atoms with van der Waals surface area (Å²) in [6, 6.07) is 4.69. The third kappa shape index (κ3) is 5.80. The second-order valence-electron chi connectivity index (χ2n) is 6.77. The Morgan fingerprint density at radius 2 is 2.04 bits per heavy atom. The van der Waals surface area contributed by atoms with Gasteiger partial charge in [-0.25, -0.2) is 4.98 Å². The third-order valence-corrected chi connectivity index (χ3v) is 5.23. The summed E-state index contributed by atoms with van der Waals surface area (Å²) in [4.78, 5) is 7.94. The van der Waals surface area contributed by atoms with E-state index in [1.54, 1.807) is 32.9 Å². The Morgan fingerprint density at radius 3 is 2.56 bits per heavy atom. The van der Waals surface area contributed by atoms with E-state index >= 15 is 0 Å². The number of halogens is 1. The number of aliphatic hydroxyl groups is 1. The van der Waals surface area contributed by atoms with Gasteiger partial charge in [-0.1, -0.05) is 16.0 Å². The second-order valence-corrected chi connectivity index (χ2v) is 9.06. The maximum atomic E-state index is 12.5. The molecule has 146 valence electrons. The molecule has 9 heteroatoms. The molecule has 2 N–H and O–H groups in total. The monoisotopic (exact) mass is 411 g/mol.